The zero-order valence-electron chi connectivity index (χ0n) is 7.81. The predicted molar refractivity (Wildman–Crippen MR) is 53.3 cm³/mol. The highest BCUT2D eigenvalue weighted by atomic mass is 32.1. The number of nitrogens with two attached hydrogens (primary N) is 1. The zero-order valence-corrected chi connectivity index (χ0v) is 8.63. The van der Waals surface area contributed by atoms with Crippen LogP contribution in [-0.2, 0) is 0 Å². The van der Waals surface area contributed by atoms with Crippen molar-refractivity contribution in [2.45, 2.75) is 13.1 Å². The Balaban J connectivity index is 2.72. The standard InChI is InChI=1S/C8H9F3N2OS/c1-4(14)7-5(12)2-6(15-7)13-3-8(9,10)11/h2,13H,3,12H2,1H3. The lowest BCUT2D eigenvalue weighted by atomic mass is 10.3. The molecular weight excluding hydrogens is 229 g/mol. The maximum atomic E-state index is 11.9. The lowest BCUT2D eigenvalue weighted by Crippen LogP contribution is -2.20. The molecule has 0 atom stereocenters. The number of ketones is 1. The van der Waals surface area contributed by atoms with Crippen LogP contribution in [0.15, 0.2) is 6.07 Å². The molecule has 0 aliphatic rings. The lowest BCUT2D eigenvalue weighted by Gasteiger charge is -2.06. The minimum Gasteiger partial charge on any atom is -0.397 e. The van der Waals surface area contributed by atoms with Crippen LogP contribution >= 0.6 is 11.3 Å². The molecule has 3 N–H and O–H groups in total. The van der Waals surface area contributed by atoms with Crippen LogP contribution in [0.4, 0.5) is 23.9 Å². The molecule has 84 valence electrons. The fourth-order valence-corrected chi connectivity index (χ4v) is 1.83. The molecule has 7 heteroatoms. The van der Waals surface area contributed by atoms with E-state index < -0.39 is 12.7 Å². The SMILES string of the molecule is CC(=O)c1sc(NCC(F)(F)F)cc1N. The first kappa shape index (κ1) is 11.8. The molecule has 0 spiro atoms. The van der Waals surface area contributed by atoms with E-state index in [1.165, 1.54) is 13.0 Å². The number of Topliss-reactive ketones (excluding diaryl/α,β-unsaturated/α-hetero) is 1. The van der Waals surface area contributed by atoms with E-state index in [0.717, 1.165) is 11.3 Å². The molecule has 1 aromatic heterocycles. The first-order valence-corrected chi connectivity index (χ1v) is 4.82. The topological polar surface area (TPSA) is 55.1 Å². The monoisotopic (exact) mass is 238 g/mol. The van der Waals surface area contributed by atoms with E-state index in [9.17, 15) is 18.0 Å². The van der Waals surface area contributed by atoms with E-state index in [4.69, 9.17) is 5.73 Å². The molecule has 0 aliphatic carbocycles. The Labute approximate surface area is 88.1 Å². The van der Waals surface area contributed by atoms with Gasteiger partial charge in [0.05, 0.1) is 15.6 Å². The van der Waals surface area contributed by atoms with Crippen LogP contribution in [0.2, 0.25) is 0 Å². The summed E-state index contributed by atoms with van der Waals surface area (Å²) >= 11 is 0.923. The Morgan fingerprint density at radius 2 is 2.20 bits per heavy atom. The summed E-state index contributed by atoms with van der Waals surface area (Å²) in [6, 6.07) is 1.33. The van der Waals surface area contributed by atoms with Crippen molar-refractivity contribution in [3.8, 4) is 0 Å². The van der Waals surface area contributed by atoms with Gasteiger partial charge in [0.1, 0.15) is 6.54 Å². The number of anilines is 2. The second-order valence-corrected chi connectivity index (χ2v) is 3.97. The molecule has 0 aromatic carbocycles. The molecule has 1 heterocycles. The summed E-state index contributed by atoms with van der Waals surface area (Å²) in [7, 11) is 0. The van der Waals surface area contributed by atoms with Gasteiger partial charge in [-0.25, -0.2) is 0 Å². The molecule has 0 bridgehead atoms. The minimum absolute atomic E-state index is 0.206. The van der Waals surface area contributed by atoms with Gasteiger partial charge in [-0.05, 0) is 6.07 Å². The highest BCUT2D eigenvalue weighted by Crippen LogP contribution is 2.30. The van der Waals surface area contributed by atoms with Crippen molar-refractivity contribution >= 4 is 27.8 Å². The number of thiophene rings is 1. The van der Waals surface area contributed by atoms with Gasteiger partial charge in [-0.3, -0.25) is 4.79 Å². The Hall–Kier alpha value is -1.24. The van der Waals surface area contributed by atoms with Gasteiger partial charge in [-0.15, -0.1) is 11.3 Å². The van der Waals surface area contributed by atoms with Gasteiger partial charge in [-0.2, -0.15) is 13.2 Å². The maximum absolute atomic E-state index is 11.9. The summed E-state index contributed by atoms with van der Waals surface area (Å²) in [5.74, 6) is -0.252. The summed E-state index contributed by atoms with van der Waals surface area (Å²) in [6.45, 7) is 0.181. The van der Waals surface area contributed by atoms with Gasteiger partial charge < -0.3 is 11.1 Å². The van der Waals surface area contributed by atoms with Crippen molar-refractivity contribution in [1.82, 2.24) is 0 Å². The Morgan fingerprint density at radius 3 is 2.60 bits per heavy atom. The number of hydrogen-bond donors (Lipinski definition) is 2. The van der Waals surface area contributed by atoms with E-state index in [-0.39, 0.29) is 21.3 Å². The highest BCUT2D eigenvalue weighted by Gasteiger charge is 2.27. The van der Waals surface area contributed by atoms with Crippen LogP contribution in [0.3, 0.4) is 0 Å². The molecule has 3 nitrogen and oxygen atoms in total. The summed E-state index contributed by atoms with van der Waals surface area (Å²) in [5.41, 5.74) is 5.66. The van der Waals surface area contributed by atoms with E-state index in [1.807, 2.05) is 0 Å². The third kappa shape index (κ3) is 3.43. The van der Waals surface area contributed by atoms with Crippen molar-refractivity contribution < 1.29 is 18.0 Å². The second-order valence-electron chi connectivity index (χ2n) is 2.92. The van der Waals surface area contributed by atoms with Crippen molar-refractivity contribution in [3.63, 3.8) is 0 Å². The Bertz CT molecular complexity index is 372. The van der Waals surface area contributed by atoms with E-state index >= 15 is 0 Å². The Morgan fingerprint density at radius 1 is 1.60 bits per heavy atom. The molecule has 0 saturated heterocycles. The number of carbonyl (C=O) groups excluding carboxylic acids is 1. The van der Waals surface area contributed by atoms with Crippen LogP contribution in [0.1, 0.15) is 16.6 Å². The number of rotatable bonds is 3. The Kier molecular flexibility index (Phi) is 3.23. The van der Waals surface area contributed by atoms with Gasteiger partial charge >= 0.3 is 6.18 Å². The number of carbonyl (C=O) groups is 1. The minimum atomic E-state index is -4.28. The number of nitrogens with one attached hydrogen (secondary N) is 1. The van der Waals surface area contributed by atoms with Gasteiger partial charge in [0.2, 0.25) is 0 Å². The van der Waals surface area contributed by atoms with Crippen LogP contribution in [0.25, 0.3) is 0 Å². The number of hydrogen-bond acceptors (Lipinski definition) is 4. The third-order valence-corrected chi connectivity index (χ3v) is 2.75. The zero-order chi connectivity index (χ0) is 11.6. The summed E-state index contributed by atoms with van der Waals surface area (Å²) < 4.78 is 35.6. The van der Waals surface area contributed by atoms with Crippen molar-refractivity contribution in [1.29, 1.82) is 0 Å². The van der Waals surface area contributed by atoms with Gasteiger partial charge in [0, 0.05) is 6.92 Å². The largest absolute Gasteiger partial charge is 0.405 e. The van der Waals surface area contributed by atoms with Crippen molar-refractivity contribution in [2.75, 3.05) is 17.6 Å². The maximum Gasteiger partial charge on any atom is 0.405 e. The molecule has 0 aliphatic heterocycles. The molecule has 0 unspecified atom stereocenters. The quantitative estimate of drug-likeness (QED) is 0.795. The smallest absolute Gasteiger partial charge is 0.397 e. The summed E-state index contributed by atoms with van der Waals surface area (Å²) in [5, 5.41) is 2.41. The fraction of sp³-hybridized carbons (Fsp3) is 0.375. The average molecular weight is 238 g/mol. The van der Waals surface area contributed by atoms with E-state index in [2.05, 4.69) is 5.32 Å². The number of alkyl halides is 3. The van der Waals surface area contributed by atoms with Crippen molar-refractivity contribution in [3.05, 3.63) is 10.9 Å². The predicted octanol–water partition coefficient (Wildman–Crippen LogP) is 2.51. The van der Waals surface area contributed by atoms with Crippen LogP contribution in [0.5, 0.6) is 0 Å². The van der Waals surface area contributed by atoms with Crippen LogP contribution < -0.4 is 11.1 Å². The lowest BCUT2D eigenvalue weighted by molar-refractivity contribution is -0.115. The molecular formula is C8H9F3N2OS. The average Bonchev–Trinajstić information content (AvgIpc) is 2.42. The van der Waals surface area contributed by atoms with Gasteiger partial charge in [0.25, 0.3) is 0 Å². The highest BCUT2D eigenvalue weighted by molar-refractivity contribution is 7.18. The molecule has 15 heavy (non-hydrogen) atoms. The number of nitrogen functional groups attached to an aromatic ring is 1. The molecule has 1 rings (SSSR count). The number of halogens is 3. The molecule has 0 fully saturated rings. The third-order valence-electron chi connectivity index (χ3n) is 1.54. The molecule has 0 radical (unpaired) electrons. The van der Waals surface area contributed by atoms with Crippen LogP contribution in [-0.4, -0.2) is 18.5 Å². The van der Waals surface area contributed by atoms with E-state index in [0.29, 0.717) is 0 Å². The van der Waals surface area contributed by atoms with Gasteiger partial charge in [-0.1, -0.05) is 0 Å². The summed E-state index contributed by atoms with van der Waals surface area (Å²) in [4.78, 5) is 11.2. The molecule has 0 saturated carbocycles. The van der Waals surface area contributed by atoms with Crippen molar-refractivity contribution in [2.24, 2.45) is 0 Å². The second kappa shape index (κ2) is 4.09. The molecule has 1 aromatic rings. The van der Waals surface area contributed by atoms with E-state index in [1.54, 1.807) is 0 Å². The van der Waals surface area contributed by atoms with Gasteiger partial charge in [0.15, 0.2) is 5.78 Å². The van der Waals surface area contributed by atoms with Crippen LogP contribution in [0, 0.1) is 0 Å². The molecule has 0 amide bonds. The first-order chi connectivity index (χ1) is 6.79. The summed E-state index contributed by atoms with van der Waals surface area (Å²) in [6.07, 6.45) is -4.28. The first-order valence-electron chi connectivity index (χ1n) is 4.00. The normalized spacial score (nSPS) is 11.5. The fourth-order valence-electron chi connectivity index (χ4n) is 0.955.